The highest BCUT2D eigenvalue weighted by Crippen LogP contribution is 2.40. The van der Waals surface area contributed by atoms with Crippen molar-refractivity contribution in [2.24, 2.45) is 0 Å². The second-order valence-corrected chi connectivity index (χ2v) is 4.95. The molecule has 0 aliphatic carbocycles. The van der Waals surface area contributed by atoms with Gasteiger partial charge in [-0.2, -0.15) is 0 Å². The zero-order chi connectivity index (χ0) is 7.19. The molecule has 0 saturated carbocycles. The van der Waals surface area contributed by atoms with Gasteiger partial charge in [0.15, 0.2) is 0 Å². The summed E-state index contributed by atoms with van der Waals surface area (Å²) in [6, 6.07) is 2.12. The third-order valence-electron chi connectivity index (χ3n) is 1.76. The van der Waals surface area contributed by atoms with E-state index in [-0.39, 0.29) is 5.60 Å². The van der Waals surface area contributed by atoms with Crippen LogP contribution in [0.15, 0.2) is 15.2 Å². The quantitative estimate of drug-likeness (QED) is 0.661. The monoisotopic (exact) mass is 218 g/mol. The topological polar surface area (TPSA) is 12.5 Å². The molecule has 1 nitrogen and oxygen atoms in total. The lowest BCUT2D eigenvalue weighted by molar-refractivity contribution is 0.330. The van der Waals surface area contributed by atoms with Gasteiger partial charge in [0.1, 0.15) is 5.60 Å². The fourth-order valence-corrected chi connectivity index (χ4v) is 2.14. The molecule has 0 radical (unpaired) electrons. The normalized spacial score (nSPS) is 30.6. The Kier molecular flexibility index (Phi) is 1.41. The maximum atomic E-state index is 5.28. The Balaban J connectivity index is 2.34. The van der Waals surface area contributed by atoms with Gasteiger partial charge in [0, 0.05) is 0 Å². The van der Waals surface area contributed by atoms with Crippen molar-refractivity contribution in [3.05, 3.63) is 20.8 Å². The second-order valence-electron chi connectivity index (χ2n) is 2.66. The zero-order valence-corrected chi connectivity index (χ0v) is 7.96. The van der Waals surface area contributed by atoms with Crippen LogP contribution < -0.4 is 0 Å². The number of hydrogen-bond donors (Lipinski definition) is 0. The summed E-state index contributed by atoms with van der Waals surface area (Å²) in [5.41, 5.74) is 1.34. The lowest BCUT2D eigenvalue weighted by atomic mass is 10.1. The van der Waals surface area contributed by atoms with E-state index in [0.717, 1.165) is 6.61 Å². The largest absolute Gasteiger partial charge is 0.365 e. The van der Waals surface area contributed by atoms with E-state index < -0.39 is 0 Å². The first-order chi connectivity index (χ1) is 4.71. The van der Waals surface area contributed by atoms with E-state index in [1.807, 2.05) is 0 Å². The van der Waals surface area contributed by atoms with E-state index in [9.17, 15) is 0 Å². The molecule has 2 rings (SSSR count). The standard InChI is InChI=1S/C7H7BrOS/c1-7(4-9-7)5-2-6(8)10-3-5/h2-3H,4H2,1H3. The van der Waals surface area contributed by atoms with Crippen LogP contribution >= 0.6 is 27.3 Å². The summed E-state index contributed by atoms with van der Waals surface area (Å²) in [5.74, 6) is 0. The molecular weight excluding hydrogens is 212 g/mol. The molecule has 54 valence electrons. The average Bonchev–Trinajstić information content (AvgIpc) is 2.45. The molecule has 1 atom stereocenters. The van der Waals surface area contributed by atoms with Gasteiger partial charge in [0.2, 0.25) is 0 Å². The summed E-state index contributed by atoms with van der Waals surface area (Å²) < 4.78 is 6.46. The Morgan fingerprint density at radius 3 is 2.90 bits per heavy atom. The molecule has 1 aromatic rings. The van der Waals surface area contributed by atoms with E-state index in [1.165, 1.54) is 9.35 Å². The minimum atomic E-state index is 0.0442. The number of thiophene rings is 1. The Morgan fingerprint density at radius 1 is 1.80 bits per heavy atom. The Labute approximate surface area is 72.1 Å². The molecule has 1 unspecified atom stereocenters. The first-order valence-corrected chi connectivity index (χ1v) is 4.76. The number of hydrogen-bond acceptors (Lipinski definition) is 2. The lowest BCUT2D eigenvalue weighted by Crippen LogP contribution is -1.98. The number of rotatable bonds is 1. The van der Waals surface area contributed by atoms with Gasteiger partial charge in [-0.15, -0.1) is 11.3 Å². The molecule has 2 heterocycles. The first-order valence-electron chi connectivity index (χ1n) is 3.09. The molecule has 1 aromatic heterocycles. The van der Waals surface area contributed by atoms with Crippen molar-refractivity contribution in [3.63, 3.8) is 0 Å². The van der Waals surface area contributed by atoms with E-state index in [1.54, 1.807) is 11.3 Å². The van der Waals surface area contributed by atoms with Crippen LogP contribution in [0.25, 0.3) is 0 Å². The fraction of sp³-hybridized carbons (Fsp3) is 0.429. The molecule has 1 saturated heterocycles. The van der Waals surface area contributed by atoms with Crippen LogP contribution in [0.1, 0.15) is 12.5 Å². The van der Waals surface area contributed by atoms with Crippen LogP contribution in [0.5, 0.6) is 0 Å². The minimum absolute atomic E-state index is 0.0442. The van der Waals surface area contributed by atoms with Gasteiger partial charge in [-0.3, -0.25) is 0 Å². The second kappa shape index (κ2) is 2.06. The van der Waals surface area contributed by atoms with E-state index >= 15 is 0 Å². The number of ether oxygens (including phenoxy) is 1. The zero-order valence-electron chi connectivity index (χ0n) is 5.56. The number of halogens is 1. The van der Waals surface area contributed by atoms with Gasteiger partial charge in [0.25, 0.3) is 0 Å². The fourth-order valence-electron chi connectivity index (χ4n) is 0.862. The van der Waals surface area contributed by atoms with Crippen LogP contribution in [0.4, 0.5) is 0 Å². The van der Waals surface area contributed by atoms with Crippen molar-refractivity contribution in [2.75, 3.05) is 6.61 Å². The van der Waals surface area contributed by atoms with Gasteiger partial charge < -0.3 is 4.74 Å². The van der Waals surface area contributed by atoms with Gasteiger partial charge in [-0.05, 0) is 39.9 Å². The van der Waals surface area contributed by atoms with Crippen molar-refractivity contribution in [1.82, 2.24) is 0 Å². The predicted octanol–water partition coefficient (Wildman–Crippen LogP) is 2.76. The minimum Gasteiger partial charge on any atom is -0.365 e. The third-order valence-corrected chi connectivity index (χ3v) is 3.26. The van der Waals surface area contributed by atoms with Crippen molar-refractivity contribution in [3.8, 4) is 0 Å². The summed E-state index contributed by atoms with van der Waals surface area (Å²) >= 11 is 5.12. The molecule has 0 aromatic carbocycles. The lowest BCUT2D eigenvalue weighted by Gasteiger charge is -1.97. The maximum Gasteiger partial charge on any atom is 0.115 e. The highest BCUT2D eigenvalue weighted by atomic mass is 79.9. The average molecular weight is 219 g/mol. The maximum absolute atomic E-state index is 5.28. The van der Waals surface area contributed by atoms with Crippen molar-refractivity contribution < 1.29 is 4.74 Å². The smallest absolute Gasteiger partial charge is 0.115 e. The van der Waals surface area contributed by atoms with E-state index in [4.69, 9.17) is 4.74 Å². The third kappa shape index (κ3) is 1.02. The van der Waals surface area contributed by atoms with Crippen molar-refractivity contribution >= 4 is 27.3 Å². The molecule has 10 heavy (non-hydrogen) atoms. The van der Waals surface area contributed by atoms with Crippen molar-refractivity contribution in [2.45, 2.75) is 12.5 Å². The summed E-state index contributed by atoms with van der Waals surface area (Å²) in [6.45, 7) is 2.98. The molecule has 3 heteroatoms. The molecular formula is C7H7BrOS. The molecule has 1 aliphatic rings. The summed E-state index contributed by atoms with van der Waals surface area (Å²) in [5, 5.41) is 2.14. The Morgan fingerprint density at radius 2 is 2.50 bits per heavy atom. The van der Waals surface area contributed by atoms with Gasteiger partial charge in [-0.25, -0.2) is 0 Å². The molecule has 1 aliphatic heterocycles. The Bertz CT molecular complexity index is 252. The van der Waals surface area contributed by atoms with Gasteiger partial charge in [0.05, 0.1) is 10.4 Å². The van der Waals surface area contributed by atoms with Crippen LogP contribution in [0.3, 0.4) is 0 Å². The van der Waals surface area contributed by atoms with E-state index in [2.05, 4.69) is 34.3 Å². The van der Waals surface area contributed by atoms with Gasteiger partial charge >= 0.3 is 0 Å². The molecule has 0 N–H and O–H groups in total. The first kappa shape index (κ1) is 6.83. The Hall–Kier alpha value is 0.140. The number of epoxide rings is 1. The van der Waals surface area contributed by atoms with Crippen molar-refractivity contribution in [1.29, 1.82) is 0 Å². The molecule has 0 amide bonds. The highest BCUT2D eigenvalue weighted by molar-refractivity contribution is 9.11. The molecule has 0 spiro atoms. The highest BCUT2D eigenvalue weighted by Gasteiger charge is 2.41. The van der Waals surface area contributed by atoms with Crippen LogP contribution in [0.2, 0.25) is 0 Å². The summed E-state index contributed by atoms with van der Waals surface area (Å²) in [4.78, 5) is 0. The SMILES string of the molecule is CC1(c2csc(Br)c2)CO1. The molecule has 1 fully saturated rings. The predicted molar refractivity (Wildman–Crippen MR) is 45.3 cm³/mol. The van der Waals surface area contributed by atoms with Crippen LogP contribution in [-0.4, -0.2) is 6.61 Å². The summed E-state index contributed by atoms with van der Waals surface area (Å²) in [6.07, 6.45) is 0. The van der Waals surface area contributed by atoms with Crippen LogP contribution in [-0.2, 0) is 10.3 Å². The van der Waals surface area contributed by atoms with Gasteiger partial charge in [-0.1, -0.05) is 0 Å². The van der Waals surface area contributed by atoms with Crippen LogP contribution in [0, 0.1) is 0 Å². The van der Waals surface area contributed by atoms with E-state index in [0.29, 0.717) is 0 Å². The summed E-state index contributed by atoms with van der Waals surface area (Å²) in [7, 11) is 0. The molecule has 0 bridgehead atoms.